The van der Waals surface area contributed by atoms with Crippen molar-refractivity contribution in [3.05, 3.63) is 0 Å². The van der Waals surface area contributed by atoms with Gasteiger partial charge in [-0.05, 0) is 19.9 Å². The van der Waals surface area contributed by atoms with Crippen LogP contribution in [0.2, 0.25) is 0 Å². The summed E-state index contributed by atoms with van der Waals surface area (Å²) in [6, 6.07) is 0. The van der Waals surface area contributed by atoms with Gasteiger partial charge < -0.3 is 9.64 Å². The fourth-order valence-corrected chi connectivity index (χ4v) is 3.86. The second kappa shape index (κ2) is 2.05. The molecule has 3 rings (SSSR count). The predicted octanol–water partition coefficient (Wildman–Crippen LogP) is 1.12. The molecule has 0 bridgehead atoms. The molecular formula is C10H17NO. The van der Waals surface area contributed by atoms with Crippen LogP contribution in [0.25, 0.3) is 0 Å². The highest BCUT2D eigenvalue weighted by atomic mass is 16.5. The van der Waals surface area contributed by atoms with Crippen LogP contribution in [0, 0.1) is 10.8 Å². The second-order valence-corrected chi connectivity index (χ2v) is 5.08. The van der Waals surface area contributed by atoms with Crippen LogP contribution in [0.4, 0.5) is 0 Å². The van der Waals surface area contributed by atoms with Crippen molar-refractivity contribution in [3.8, 4) is 0 Å². The Hall–Kier alpha value is -0.0800. The molecule has 0 aromatic rings. The van der Waals surface area contributed by atoms with Crippen LogP contribution in [0.15, 0.2) is 0 Å². The van der Waals surface area contributed by atoms with E-state index in [1.54, 1.807) is 0 Å². The first kappa shape index (κ1) is 7.34. The Kier molecular flexibility index (Phi) is 1.25. The van der Waals surface area contributed by atoms with Crippen LogP contribution in [0.1, 0.15) is 19.3 Å². The average molecular weight is 167 g/mol. The van der Waals surface area contributed by atoms with Crippen molar-refractivity contribution < 1.29 is 4.74 Å². The maximum atomic E-state index is 5.68. The lowest BCUT2D eigenvalue weighted by Crippen LogP contribution is -2.34. The molecule has 0 N–H and O–H groups in total. The molecule has 2 saturated heterocycles. The monoisotopic (exact) mass is 167 g/mol. The highest BCUT2D eigenvalue weighted by Gasteiger charge is 2.62. The van der Waals surface area contributed by atoms with Crippen LogP contribution in [-0.2, 0) is 4.74 Å². The Morgan fingerprint density at radius 2 is 1.67 bits per heavy atom. The van der Waals surface area contributed by atoms with Crippen LogP contribution in [0.5, 0.6) is 0 Å². The van der Waals surface area contributed by atoms with Crippen molar-refractivity contribution in [3.63, 3.8) is 0 Å². The van der Waals surface area contributed by atoms with Gasteiger partial charge in [0, 0.05) is 23.9 Å². The third-order valence-electron chi connectivity index (χ3n) is 4.34. The molecule has 68 valence electrons. The minimum atomic E-state index is 0.571. The molecule has 2 atom stereocenters. The molecule has 2 heterocycles. The summed E-state index contributed by atoms with van der Waals surface area (Å²) in [4.78, 5) is 2.50. The van der Waals surface area contributed by atoms with Crippen molar-refractivity contribution >= 4 is 0 Å². The standard InChI is InChI=1S/C10H17NO/c1-11-5-9-3-2-4-10(9,6-11)8-12-7-9/h2-8H2,1H3. The molecule has 0 amide bonds. The van der Waals surface area contributed by atoms with E-state index in [4.69, 9.17) is 4.74 Å². The van der Waals surface area contributed by atoms with Gasteiger partial charge >= 0.3 is 0 Å². The Bertz CT molecular complexity index is 184. The number of ether oxygens (including phenoxy) is 1. The summed E-state index contributed by atoms with van der Waals surface area (Å²) >= 11 is 0. The van der Waals surface area contributed by atoms with Crippen LogP contribution >= 0.6 is 0 Å². The molecule has 0 radical (unpaired) electrons. The van der Waals surface area contributed by atoms with Crippen LogP contribution in [-0.4, -0.2) is 38.3 Å². The van der Waals surface area contributed by atoms with Crippen molar-refractivity contribution in [2.75, 3.05) is 33.4 Å². The number of hydrogen-bond donors (Lipinski definition) is 0. The third-order valence-corrected chi connectivity index (χ3v) is 4.34. The Morgan fingerprint density at radius 3 is 2.25 bits per heavy atom. The van der Waals surface area contributed by atoms with Gasteiger partial charge in [-0.1, -0.05) is 6.42 Å². The van der Waals surface area contributed by atoms with Crippen LogP contribution < -0.4 is 0 Å². The molecule has 1 saturated carbocycles. The van der Waals surface area contributed by atoms with Gasteiger partial charge in [-0.15, -0.1) is 0 Å². The summed E-state index contributed by atoms with van der Waals surface area (Å²) in [7, 11) is 2.26. The highest BCUT2D eigenvalue weighted by molar-refractivity contribution is 5.12. The normalized spacial score (nSPS) is 52.8. The lowest BCUT2D eigenvalue weighted by molar-refractivity contribution is 0.121. The first-order valence-electron chi connectivity index (χ1n) is 5.03. The Labute approximate surface area is 73.9 Å². The van der Waals surface area contributed by atoms with E-state index in [0.29, 0.717) is 10.8 Å². The smallest absolute Gasteiger partial charge is 0.0541 e. The molecular weight excluding hydrogens is 150 g/mol. The van der Waals surface area contributed by atoms with Gasteiger partial charge in [0.2, 0.25) is 0 Å². The van der Waals surface area contributed by atoms with Gasteiger partial charge in [0.25, 0.3) is 0 Å². The van der Waals surface area contributed by atoms with Crippen molar-refractivity contribution in [2.24, 2.45) is 10.8 Å². The molecule has 2 aliphatic heterocycles. The van der Waals surface area contributed by atoms with Crippen molar-refractivity contribution in [2.45, 2.75) is 19.3 Å². The first-order valence-corrected chi connectivity index (χ1v) is 5.03. The summed E-state index contributed by atoms with van der Waals surface area (Å²) in [6.07, 6.45) is 4.27. The Balaban J connectivity index is 2.02. The predicted molar refractivity (Wildman–Crippen MR) is 47.0 cm³/mol. The molecule has 3 fully saturated rings. The number of likely N-dealkylation sites (tertiary alicyclic amines) is 1. The highest BCUT2D eigenvalue weighted by Crippen LogP contribution is 2.60. The van der Waals surface area contributed by atoms with Crippen molar-refractivity contribution in [1.82, 2.24) is 4.90 Å². The van der Waals surface area contributed by atoms with Gasteiger partial charge in [-0.25, -0.2) is 0 Å². The van der Waals surface area contributed by atoms with E-state index in [1.165, 1.54) is 32.4 Å². The molecule has 1 aliphatic carbocycles. The van der Waals surface area contributed by atoms with Gasteiger partial charge in [-0.3, -0.25) is 0 Å². The van der Waals surface area contributed by atoms with Gasteiger partial charge in [0.05, 0.1) is 13.2 Å². The zero-order chi connectivity index (χ0) is 8.23. The molecule has 2 nitrogen and oxygen atoms in total. The summed E-state index contributed by atoms with van der Waals surface area (Å²) in [5, 5.41) is 0. The maximum absolute atomic E-state index is 5.68. The van der Waals surface area contributed by atoms with E-state index in [1.807, 2.05) is 0 Å². The largest absolute Gasteiger partial charge is 0.380 e. The van der Waals surface area contributed by atoms with E-state index in [9.17, 15) is 0 Å². The third kappa shape index (κ3) is 0.647. The number of nitrogens with zero attached hydrogens (tertiary/aromatic N) is 1. The van der Waals surface area contributed by atoms with Gasteiger partial charge in [-0.2, -0.15) is 0 Å². The summed E-state index contributed by atoms with van der Waals surface area (Å²) in [5.41, 5.74) is 1.14. The molecule has 0 aromatic carbocycles. The van der Waals surface area contributed by atoms with Gasteiger partial charge in [0.15, 0.2) is 0 Å². The quantitative estimate of drug-likeness (QED) is 0.536. The Morgan fingerprint density at radius 1 is 1.08 bits per heavy atom. The average Bonchev–Trinajstić information content (AvgIpc) is 2.44. The van der Waals surface area contributed by atoms with Crippen LogP contribution in [0.3, 0.4) is 0 Å². The first-order chi connectivity index (χ1) is 5.77. The number of hydrogen-bond acceptors (Lipinski definition) is 2. The van der Waals surface area contributed by atoms with Gasteiger partial charge in [0.1, 0.15) is 0 Å². The fraction of sp³-hybridized carbons (Fsp3) is 1.00. The fourth-order valence-electron chi connectivity index (χ4n) is 3.86. The van der Waals surface area contributed by atoms with E-state index in [0.717, 1.165) is 13.2 Å². The molecule has 2 heteroatoms. The summed E-state index contributed by atoms with van der Waals surface area (Å²) in [6.45, 7) is 4.65. The second-order valence-electron chi connectivity index (χ2n) is 5.08. The zero-order valence-electron chi connectivity index (χ0n) is 7.81. The maximum Gasteiger partial charge on any atom is 0.0541 e. The molecule has 0 spiro atoms. The molecule has 12 heavy (non-hydrogen) atoms. The lowest BCUT2D eigenvalue weighted by atomic mass is 9.71. The molecule has 0 aromatic heterocycles. The summed E-state index contributed by atoms with van der Waals surface area (Å²) in [5.74, 6) is 0. The van der Waals surface area contributed by atoms with E-state index >= 15 is 0 Å². The molecule has 2 unspecified atom stereocenters. The topological polar surface area (TPSA) is 12.5 Å². The number of rotatable bonds is 0. The lowest BCUT2D eigenvalue weighted by Gasteiger charge is -2.29. The van der Waals surface area contributed by atoms with E-state index in [-0.39, 0.29) is 0 Å². The van der Waals surface area contributed by atoms with E-state index in [2.05, 4.69) is 11.9 Å². The van der Waals surface area contributed by atoms with E-state index < -0.39 is 0 Å². The SMILES string of the molecule is CN1CC23CCCC2(COC3)C1. The zero-order valence-corrected chi connectivity index (χ0v) is 7.81. The van der Waals surface area contributed by atoms with Crippen molar-refractivity contribution in [1.29, 1.82) is 0 Å². The summed E-state index contributed by atoms with van der Waals surface area (Å²) < 4.78 is 5.68. The minimum Gasteiger partial charge on any atom is -0.380 e. The minimum absolute atomic E-state index is 0.571. The molecule has 3 aliphatic rings.